The Morgan fingerprint density at radius 1 is 1.40 bits per heavy atom. The van der Waals surface area contributed by atoms with Crippen LogP contribution in [0.3, 0.4) is 0 Å². The van der Waals surface area contributed by atoms with E-state index >= 15 is 0 Å². The first-order chi connectivity index (χ1) is 6.89. The van der Waals surface area contributed by atoms with Gasteiger partial charge < -0.3 is 5.32 Å². The molecule has 0 bridgehead atoms. The van der Waals surface area contributed by atoms with Crippen molar-refractivity contribution >= 4 is 17.5 Å². The zero-order chi connectivity index (χ0) is 11.5. The molecule has 0 aliphatic rings. The van der Waals surface area contributed by atoms with E-state index in [1.54, 1.807) is 5.32 Å². The standard InChI is InChI=1S/C7H5ClF3N3O/c8-5-3-12-4(1-13-5)2-14-6(15)7(9,10)11/h1,3H,2H2,(H,14,15). The van der Waals surface area contributed by atoms with Gasteiger partial charge in [-0.2, -0.15) is 13.2 Å². The molecule has 82 valence electrons. The van der Waals surface area contributed by atoms with Crippen molar-refractivity contribution in [3.05, 3.63) is 23.2 Å². The molecular weight excluding hydrogens is 235 g/mol. The maximum absolute atomic E-state index is 11.7. The van der Waals surface area contributed by atoms with Crippen molar-refractivity contribution < 1.29 is 18.0 Å². The molecule has 1 heterocycles. The fourth-order valence-electron chi connectivity index (χ4n) is 0.701. The number of hydrogen-bond acceptors (Lipinski definition) is 3. The molecule has 0 spiro atoms. The summed E-state index contributed by atoms with van der Waals surface area (Å²) in [4.78, 5) is 17.6. The van der Waals surface area contributed by atoms with Crippen LogP contribution in [0.25, 0.3) is 0 Å². The summed E-state index contributed by atoms with van der Waals surface area (Å²) in [5.41, 5.74) is 0.192. The smallest absolute Gasteiger partial charge is 0.343 e. The monoisotopic (exact) mass is 239 g/mol. The van der Waals surface area contributed by atoms with Gasteiger partial charge in [0.05, 0.1) is 24.6 Å². The molecule has 0 saturated heterocycles. The fraction of sp³-hybridized carbons (Fsp3) is 0.286. The number of hydrogen-bond donors (Lipinski definition) is 1. The minimum absolute atomic E-state index is 0.126. The summed E-state index contributed by atoms with van der Waals surface area (Å²) in [6.45, 7) is -0.345. The van der Waals surface area contributed by atoms with E-state index in [1.165, 1.54) is 12.4 Å². The third-order valence-electron chi connectivity index (χ3n) is 1.36. The van der Waals surface area contributed by atoms with Crippen LogP contribution in [-0.4, -0.2) is 22.1 Å². The Balaban J connectivity index is 2.51. The van der Waals surface area contributed by atoms with E-state index in [1.807, 2.05) is 0 Å². The van der Waals surface area contributed by atoms with Crippen LogP contribution >= 0.6 is 11.6 Å². The van der Waals surface area contributed by atoms with Crippen LogP contribution in [0.4, 0.5) is 13.2 Å². The van der Waals surface area contributed by atoms with Gasteiger partial charge in [-0.15, -0.1) is 0 Å². The minimum atomic E-state index is -4.89. The second-order valence-electron chi connectivity index (χ2n) is 2.51. The largest absolute Gasteiger partial charge is 0.471 e. The Morgan fingerprint density at radius 3 is 2.53 bits per heavy atom. The van der Waals surface area contributed by atoms with Gasteiger partial charge >= 0.3 is 12.1 Å². The molecule has 0 fully saturated rings. The van der Waals surface area contributed by atoms with Gasteiger partial charge in [-0.25, -0.2) is 4.98 Å². The van der Waals surface area contributed by atoms with Crippen molar-refractivity contribution in [1.29, 1.82) is 0 Å². The Hall–Kier alpha value is -1.37. The Bertz CT molecular complexity index is 351. The van der Waals surface area contributed by atoms with Crippen LogP contribution < -0.4 is 5.32 Å². The number of carbonyl (C=O) groups excluding carboxylic acids is 1. The van der Waals surface area contributed by atoms with Gasteiger partial charge in [-0.05, 0) is 0 Å². The van der Waals surface area contributed by atoms with Gasteiger partial charge in [-0.3, -0.25) is 9.78 Å². The van der Waals surface area contributed by atoms with Crippen LogP contribution in [0.2, 0.25) is 5.15 Å². The highest BCUT2D eigenvalue weighted by Crippen LogP contribution is 2.14. The van der Waals surface area contributed by atoms with E-state index in [0.29, 0.717) is 0 Å². The highest BCUT2D eigenvalue weighted by atomic mass is 35.5. The Labute approximate surface area is 87.5 Å². The molecule has 0 radical (unpaired) electrons. The summed E-state index contributed by atoms with van der Waals surface area (Å²) in [7, 11) is 0. The number of alkyl halides is 3. The maximum Gasteiger partial charge on any atom is 0.471 e. The van der Waals surface area contributed by atoms with Crippen LogP contribution in [-0.2, 0) is 11.3 Å². The van der Waals surface area contributed by atoms with Gasteiger partial charge in [0.1, 0.15) is 5.15 Å². The molecule has 0 aliphatic carbocycles. The number of amides is 1. The lowest BCUT2D eigenvalue weighted by Crippen LogP contribution is -2.36. The summed E-state index contributed by atoms with van der Waals surface area (Å²) in [5, 5.41) is 1.77. The maximum atomic E-state index is 11.7. The molecule has 1 amide bonds. The van der Waals surface area contributed by atoms with E-state index in [4.69, 9.17) is 11.6 Å². The third-order valence-corrected chi connectivity index (χ3v) is 1.56. The molecule has 1 aromatic heterocycles. The van der Waals surface area contributed by atoms with Crippen LogP contribution in [0.1, 0.15) is 5.69 Å². The van der Waals surface area contributed by atoms with Crippen LogP contribution in [0.5, 0.6) is 0 Å². The molecule has 8 heteroatoms. The zero-order valence-electron chi connectivity index (χ0n) is 7.18. The van der Waals surface area contributed by atoms with E-state index in [9.17, 15) is 18.0 Å². The minimum Gasteiger partial charge on any atom is -0.343 e. The fourth-order valence-corrected chi connectivity index (χ4v) is 0.799. The molecule has 0 aromatic carbocycles. The molecule has 0 atom stereocenters. The summed E-state index contributed by atoms with van der Waals surface area (Å²) < 4.78 is 35.2. The summed E-state index contributed by atoms with van der Waals surface area (Å²) in [6.07, 6.45) is -2.53. The van der Waals surface area contributed by atoms with Gasteiger partial charge in [-0.1, -0.05) is 11.6 Å². The lowest BCUT2D eigenvalue weighted by molar-refractivity contribution is -0.173. The number of halogens is 4. The second-order valence-corrected chi connectivity index (χ2v) is 2.90. The van der Waals surface area contributed by atoms with Crippen molar-refractivity contribution in [3.8, 4) is 0 Å². The van der Waals surface area contributed by atoms with Gasteiger partial charge in [0, 0.05) is 0 Å². The average molecular weight is 240 g/mol. The van der Waals surface area contributed by atoms with Gasteiger partial charge in [0.25, 0.3) is 0 Å². The number of rotatable bonds is 2. The molecule has 1 aromatic rings. The van der Waals surface area contributed by atoms with E-state index in [0.717, 1.165) is 0 Å². The number of carbonyl (C=O) groups is 1. The third kappa shape index (κ3) is 3.70. The molecule has 1 N–H and O–H groups in total. The van der Waals surface area contributed by atoms with Crippen molar-refractivity contribution in [2.75, 3.05) is 0 Å². The molecule has 15 heavy (non-hydrogen) atoms. The first kappa shape index (κ1) is 11.7. The SMILES string of the molecule is O=C(NCc1cnc(Cl)cn1)C(F)(F)F. The van der Waals surface area contributed by atoms with E-state index in [-0.39, 0.29) is 17.4 Å². The molecule has 0 aliphatic heterocycles. The van der Waals surface area contributed by atoms with E-state index in [2.05, 4.69) is 9.97 Å². The first-order valence-electron chi connectivity index (χ1n) is 3.71. The highest BCUT2D eigenvalue weighted by Gasteiger charge is 2.38. The zero-order valence-corrected chi connectivity index (χ0v) is 7.93. The quantitative estimate of drug-likeness (QED) is 0.847. The van der Waals surface area contributed by atoms with Crippen molar-refractivity contribution in [3.63, 3.8) is 0 Å². The predicted octanol–water partition coefficient (Wildman–Crippen LogP) is 1.31. The molecule has 0 saturated carbocycles. The van der Waals surface area contributed by atoms with Gasteiger partial charge in [0.2, 0.25) is 0 Å². The van der Waals surface area contributed by atoms with E-state index < -0.39 is 12.1 Å². The number of aromatic nitrogens is 2. The topological polar surface area (TPSA) is 54.9 Å². The molecule has 0 unspecified atom stereocenters. The summed E-state index contributed by atoms with van der Waals surface area (Å²) in [5.74, 6) is -2.01. The Morgan fingerprint density at radius 2 is 2.07 bits per heavy atom. The van der Waals surface area contributed by atoms with Crippen LogP contribution in [0, 0.1) is 0 Å². The first-order valence-corrected chi connectivity index (χ1v) is 4.09. The summed E-state index contributed by atoms with van der Waals surface area (Å²) >= 11 is 5.41. The summed E-state index contributed by atoms with van der Waals surface area (Å²) in [6, 6.07) is 0. The normalized spacial score (nSPS) is 11.2. The van der Waals surface area contributed by atoms with Gasteiger partial charge in [0.15, 0.2) is 0 Å². The van der Waals surface area contributed by atoms with Crippen LogP contribution in [0.15, 0.2) is 12.4 Å². The number of nitrogens with one attached hydrogen (secondary N) is 1. The highest BCUT2D eigenvalue weighted by molar-refractivity contribution is 6.29. The average Bonchev–Trinajstić information content (AvgIpc) is 2.15. The lowest BCUT2D eigenvalue weighted by atomic mass is 10.4. The second kappa shape index (κ2) is 4.43. The Kier molecular flexibility index (Phi) is 3.46. The number of nitrogens with zero attached hydrogens (tertiary/aromatic N) is 2. The molecule has 4 nitrogen and oxygen atoms in total. The predicted molar refractivity (Wildman–Crippen MR) is 44.9 cm³/mol. The van der Waals surface area contributed by atoms with Crippen molar-refractivity contribution in [2.45, 2.75) is 12.7 Å². The lowest BCUT2D eigenvalue weighted by Gasteiger charge is -2.06. The van der Waals surface area contributed by atoms with Crippen molar-refractivity contribution in [2.24, 2.45) is 0 Å². The molecule has 1 rings (SSSR count). The van der Waals surface area contributed by atoms with Crippen molar-refractivity contribution in [1.82, 2.24) is 15.3 Å². The molecular formula is C7H5ClF3N3O.